The number of hydrogen-bond acceptors (Lipinski definition) is 3. The zero-order valence-electron chi connectivity index (χ0n) is 12.5. The molecule has 1 aliphatic rings. The van der Waals surface area contributed by atoms with Crippen molar-refractivity contribution in [1.29, 1.82) is 0 Å². The molecule has 2 heterocycles. The summed E-state index contributed by atoms with van der Waals surface area (Å²) in [6.07, 6.45) is 2.93. The van der Waals surface area contributed by atoms with Crippen LogP contribution in [-0.4, -0.2) is 44.7 Å². The minimum Gasteiger partial charge on any atom is -0.478 e. The Hall–Kier alpha value is -1.88. The summed E-state index contributed by atoms with van der Waals surface area (Å²) in [5.74, 6) is -0.329. The fourth-order valence-electron chi connectivity index (χ4n) is 3.20. The fraction of sp³-hybridized carbons (Fsp3) is 0.500. The number of carbonyl (C=O) groups is 1. The lowest BCUT2D eigenvalue weighted by atomic mass is 10.1. The first-order chi connectivity index (χ1) is 10.1. The van der Waals surface area contributed by atoms with Gasteiger partial charge in [-0.1, -0.05) is 6.07 Å². The van der Waals surface area contributed by atoms with E-state index in [2.05, 4.69) is 23.7 Å². The zero-order valence-corrected chi connectivity index (χ0v) is 12.5. The number of aromatic nitrogens is 2. The molecule has 0 bridgehead atoms. The van der Waals surface area contributed by atoms with Crippen LogP contribution in [0.15, 0.2) is 24.5 Å². The molecule has 0 saturated carbocycles. The molecular weight excluding hydrogens is 266 g/mol. The van der Waals surface area contributed by atoms with Crippen LogP contribution in [0.3, 0.4) is 0 Å². The monoisotopic (exact) mass is 287 g/mol. The van der Waals surface area contributed by atoms with Crippen molar-refractivity contribution in [3.8, 4) is 0 Å². The lowest BCUT2D eigenvalue weighted by Gasteiger charge is -2.20. The molecule has 112 valence electrons. The van der Waals surface area contributed by atoms with E-state index in [9.17, 15) is 9.90 Å². The smallest absolute Gasteiger partial charge is 0.337 e. The number of benzene rings is 1. The number of carboxylic acids is 1. The van der Waals surface area contributed by atoms with Gasteiger partial charge in [0.25, 0.3) is 0 Å². The molecule has 1 saturated heterocycles. The van der Waals surface area contributed by atoms with Gasteiger partial charge in [0, 0.05) is 19.1 Å². The van der Waals surface area contributed by atoms with Gasteiger partial charge in [0.2, 0.25) is 0 Å². The van der Waals surface area contributed by atoms with E-state index in [-0.39, 0.29) is 0 Å². The third kappa shape index (κ3) is 2.65. The molecule has 0 spiro atoms. The van der Waals surface area contributed by atoms with E-state index in [1.165, 1.54) is 0 Å². The summed E-state index contributed by atoms with van der Waals surface area (Å²) in [5, 5.41) is 9.35. The van der Waals surface area contributed by atoms with Crippen LogP contribution >= 0.6 is 0 Å². The van der Waals surface area contributed by atoms with Gasteiger partial charge >= 0.3 is 5.97 Å². The van der Waals surface area contributed by atoms with Gasteiger partial charge < -0.3 is 14.6 Å². The van der Waals surface area contributed by atoms with Crippen molar-refractivity contribution < 1.29 is 9.90 Å². The van der Waals surface area contributed by atoms with Crippen LogP contribution in [0.1, 0.15) is 30.6 Å². The van der Waals surface area contributed by atoms with Gasteiger partial charge in [-0.3, -0.25) is 0 Å². The number of rotatable bonds is 4. The maximum atomic E-state index is 11.4. The van der Waals surface area contributed by atoms with Crippen LogP contribution in [0.5, 0.6) is 0 Å². The van der Waals surface area contributed by atoms with Gasteiger partial charge in [0.15, 0.2) is 0 Å². The Balaban J connectivity index is 1.87. The summed E-state index contributed by atoms with van der Waals surface area (Å²) in [6, 6.07) is 5.84. The second-order valence-electron chi connectivity index (χ2n) is 6.12. The molecule has 0 radical (unpaired) electrons. The van der Waals surface area contributed by atoms with Gasteiger partial charge in [-0.25, -0.2) is 9.78 Å². The van der Waals surface area contributed by atoms with Crippen molar-refractivity contribution in [3.63, 3.8) is 0 Å². The van der Waals surface area contributed by atoms with E-state index in [0.717, 1.165) is 37.1 Å². The van der Waals surface area contributed by atoms with Gasteiger partial charge in [-0.05, 0) is 44.9 Å². The van der Waals surface area contributed by atoms with Crippen LogP contribution in [0.25, 0.3) is 11.0 Å². The summed E-state index contributed by atoms with van der Waals surface area (Å²) in [4.78, 5) is 18.2. The maximum absolute atomic E-state index is 11.4. The normalized spacial score (nSPS) is 19.7. The van der Waals surface area contributed by atoms with Crippen molar-refractivity contribution in [2.45, 2.75) is 32.9 Å². The Morgan fingerprint density at radius 1 is 1.48 bits per heavy atom. The molecular formula is C16H21N3O2. The highest BCUT2D eigenvalue weighted by Crippen LogP contribution is 2.24. The highest BCUT2D eigenvalue weighted by atomic mass is 16.4. The average molecular weight is 287 g/mol. The van der Waals surface area contributed by atoms with Crippen molar-refractivity contribution in [2.24, 2.45) is 5.92 Å². The van der Waals surface area contributed by atoms with Crippen LogP contribution in [0.4, 0.5) is 0 Å². The third-order valence-electron chi connectivity index (χ3n) is 4.37. The Kier molecular flexibility index (Phi) is 3.68. The van der Waals surface area contributed by atoms with Crippen molar-refractivity contribution in [2.75, 3.05) is 13.1 Å². The maximum Gasteiger partial charge on any atom is 0.337 e. The highest BCUT2D eigenvalue weighted by molar-refractivity contribution is 6.01. The number of fused-ring (bicyclic) bond motifs is 1. The lowest BCUT2D eigenvalue weighted by Crippen LogP contribution is -2.28. The Morgan fingerprint density at radius 2 is 2.29 bits per heavy atom. The predicted molar refractivity (Wildman–Crippen MR) is 81.5 cm³/mol. The summed E-state index contributed by atoms with van der Waals surface area (Å²) >= 11 is 0. The second-order valence-corrected chi connectivity index (χ2v) is 6.12. The number of para-hydroxylation sites is 1. The van der Waals surface area contributed by atoms with Gasteiger partial charge in [-0.2, -0.15) is 0 Å². The molecule has 5 heteroatoms. The summed E-state index contributed by atoms with van der Waals surface area (Å²) in [7, 11) is 0. The van der Waals surface area contributed by atoms with E-state index in [0.29, 0.717) is 17.5 Å². The lowest BCUT2D eigenvalue weighted by molar-refractivity contribution is 0.0698. The average Bonchev–Trinajstić information content (AvgIpc) is 3.06. The molecule has 1 N–H and O–H groups in total. The van der Waals surface area contributed by atoms with E-state index in [4.69, 9.17) is 0 Å². The van der Waals surface area contributed by atoms with Crippen LogP contribution in [0.2, 0.25) is 0 Å². The zero-order chi connectivity index (χ0) is 15.0. The molecule has 1 fully saturated rings. The summed E-state index contributed by atoms with van der Waals surface area (Å²) < 4.78 is 2.01. The predicted octanol–water partition coefficient (Wildman–Crippen LogP) is 2.46. The van der Waals surface area contributed by atoms with E-state index < -0.39 is 5.97 Å². The van der Waals surface area contributed by atoms with Crippen LogP contribution in [0, 0.1) is 5.92 Å². The molecule has 1 unspecified atom stereocenters. The molecule has 1 atom stereocenters. The van der Waals surface area contributed by atoms with Crippen molar-refractivity contribution in [3.05, 3.63) is 30.1 Å². The van der Waals surface area contributed by atoms with E-state index in [1.807, 2.05) is 10.6 Å². The number of nitrogens with zero attached hydrogens (tertiary/aromatic N) is 3. The van der Waals surface area contributed by atoms with Gasteiger partial charge in [0.1, 0.15) is 0 Å². The molecule has 21 heavy (non-hydrogen) atoms. The molecule has 0 amide bonds. The van der Waals surface area contributed by atoms with Gasteiger partial charge in [-0.15, -0.1) is 0 Å². The van der Waals surface area contributed by atoms with Crippen molar-refractivity contribution in [1.82, 2.24) is 14.5 Å². The largest absolute Gasteiger partial charge is 0.478 e. The van der Waals surface area contributed by atoms with Crippen LogP contribution in [-0.2, 0) is 6.54 Å². The molecule has 1 aromatic carbocycles. The van der Waals surface area contributed by atoms with E-state index >= 15 is 0 Å². The van der Waals surface area contributed by atoms with E-state index in [1.54, 1.807) is 18.5 Å². The molecule has 1 aromatic heterocycles. The minimum absolute atomic E-state index is 0.337. The van der Waals surface area contributed by atoms with Gasteiger partial charge in [0.05, 0.1) is 22.9 Å². The first kappa shape index (κ1) is 14.1. The SMILES string of the molecule is CC(C)N1CCC(Cn2cnc3cccc(C(=O)O)c32)C1. The number of likely N-dealkylation sites (tertiary alicyclic amines) is 1. The van der Waals surface area contributed by atoms with Crippen molar-refractivity contribution >= 4 is 17.0 Å². The topological polar surface area (TPSA) is 58.4 Å². The number of carboxylic acid groups (broad SMARTS) is 1. The number of hydrogen-bond donors (Lipinski definition) is 1. The molecule has 1 aliphatic heterocycles. The third-order valence-corrected chi connectivity index (χ3v) is 4.37. The van der Waals surface area contributed by atoms with Crippen LogP contribution < -0.4 is 0 Å². The molecule has 3 rings (SSSR count). The number of aromatic carboxylic acids is 1. The standard InChI is InChI=1S/C16H21N3O2/c1-11(2)18-7-6-12(8-18)9-19-10-17-14-5-3-4-13(15(14)19)16(20)21/h3-5,10-12H,6-9H2,1-2H3,(H,20,21). The first-order valence-electron chi connectivity index (χ1n) is 7.47. The molecule has 0 aliphatic carbocycles. The molecule has 2 aromatic rings. The Morgan fingerprint density at radius 3 is 2.95 bits per heavy atom. The summed E-state index contributed by atoms with van der Waals surface area (Å²) in [6.45, 7) is 7.48. The highest BCUT2D eigenvalue weighted by Gasteiger charge is 2.25. The Labute approximate surface area is 124 Å². The first-order valence-corrected chi connectivity index (χ1v) is 7.47. The fourth-order valence-corrected chi connectivity index (χ4v) is 3.20. The minimum atomic E-state index is -0.891. The second kappa shape index (κ2) is 5.48. The quantitative estimate of drug-likeness (QED) is 0.938. The Bertz CT molecular complexity index is 663. The number of imidazole rings is 1. The summed E-state index contributed by atoms with van der Waals surface area (Å²) in [5.41, 5.74) is 1.84. The molecule has 5 nitrogen and oxygen atoms in total.